The number of carboxylic acid groups (broad SMARTS) is 1. The molecule has 1 aromatic carbocycles. The second-order valence-electron chi connectivity index (χ2n) is 4.72. The second-order valence-corrected chi connectivity index (χ2v) is 6.39. The van der Waals surface area contributed by atoms with Crippen molar-refractivity contribution in [1.29, 1.82) is 0 Å². The Morgan fingerprint density at radius 2 is 2.00 bits per heavy atom. The third kappa shape index (κ3) is 3.06. The topological polar surface area (TPSA) is 70.8 Å². The molecule has 2 aromatic rings. The van der Waals surface area contributed by atoms with Gasteiger partial charge in [0.1, 0.15) is 10.1 Å². The zero-order valence-corrected chi connectivity index (χ0v) is 13.3. The molecule has 23 heavy (non-hydrogen) atoms. The van der Waals surface area contributed by atoms with Crippen molar-refractivity contribution in [2.75, 3.05) is 0 Å². The number of thiocarbonyl (C=S) groups is 1. The van der Waals surface area contributed by atoms with E-state index in [1.807, 2.05) is 0 Å². The highest BCUT2D eigenvalue weighted by molar-refractivity contribution is 8.26. The molecule has 116 valence electrons. The van der Waals surface area contributed by atoms with Crippen LogP contribution >= 0.6 is 24.0 Å². The average molecular weight is 345 g/mol. The minimum atomic E-state index is -1.15. The molecule has 5 nitrogen and oxygen atoms in total. The monoisotopic (exact) mass is 345 g/mol. The summed E-state index contributed by atoms with van der Waals surface area (Å²) in [4.78, 5) is 25.8. The maximum atomic E-state index is 12.6. The Labute approximate surface area is 141 Å². The SMILES string of the molecule is O=C(O)[C@@H](c1ccccc1)N1C(=O)C(=Cc2ccco2)SC1=S. The zero-order chi connectivity index (χ0) is 16.4. The molecule has 1 fully saturated rings. The Morgan fingerprint density at radius 1 is 1.26 bits per heavy atom. The van der Waals surface area contributed by atoms with E-state index in [0.717, 1.165) is 16.7 Å². The van der Waals surface area contributed by atoms with Crippen molar-refractivity contribution < 1.29 is 19.1 Å². The number of aliphatic carboxylic acids is 1. The Balaban J connectivity index is 1.97. The first-order valence-electron chi connectivity index (χ1n) is 6.66. The molecule has 1 amide bonds. The summed E-state index contributed by atoms with van der Waals surface area (Å²) in [5.41, 5.74) is 0.496. The number of carbonyl (C=O) groups is 2. The van der Waals surface area contributed by atoms with Crippen LogP contribution in [0.4, 0.5) is 0 Å². The summed E-state index contributed by atoms with van der Waals surface area (Å²) in [5, 5.41) is 9.56. The fourth-order valence-electron chi connectivity index (χ4n) is 2.24. The molecular weight excluding hydrogens is 334 g/mol. The summed E-state index contributed by atoms with van der Waals surface area (Å²) in [6.45, 7) is 0. The molecule has 0 bridgehead atoms. The molecule has 0 saturated carbocycles. The van der Waals surface area contributed by atoms with Crippen LogP contribution in [0.15, 0.2) is 58.1 Å². The third-order valence-electron chi connectivity index (χ3n) is 3.25. The number of rotatable bonds is 4. The zero-order valence-electron chi connectivity index (χ0n) is 11.7. The Kier molecular flexibility index (Phi) is 4.31. The minimum Gasteiger partial charge on any atom is -0.479 e. The van der Waals surface area contributed by atoms with Crippen LogP contribution in [0.5, 0.6) is 0 Å². The summed E-state index contributed by atoms with van der Waals surface area (Å²) in [5.74, 6) is -1.06. The molecule has 0 radical (unpaired) electrons. The van der Waals surface area contributed by atoms with Crippen molar-refractivity contribution in [2.24, 2.45) is 0 Å². The summed E-state index contributed by atoms with van der Waals surface area (Å²) < 4.78 is 5.40. The van der Waals surface area contributed by atoms with Crippen LogP contribution in [0.25, 0.3) is 6.08 Å². The number of benzene rings is 1. The molecule has 0 spiro atoms. The van der Waals surface area contributed by atoms with E-state index >= 15 is 0 Å². The van der Waals surface area contributed by atoms with E-state index in [1.54, 1.807) is 48.5 Å². The number of nitrogens with zero attached hydrogens (tertiary/aromatic N) is 1. The predicted octanol–water partition coefficient (Wildman–Crippen LogP) is 3.31. The van der Waals surface area contributed by atoms with Gasteiger partial charge in [-0.15, -0.1) is 0 Å². The maximum absolute atomic E-state index is 12.6. The predicted molar refractivity (Wildman–Crippen MR) is 90.5 cm³/mol. The van der Waals surface area contributed by atoms with E-state index in [0.29, 0.717) is 16.2 Å². The molecule has 1 atom stereocenters. The molecule has 1 aliphatic rings. The number of carboxylic acids is 1. The molecule has 1 N–H and O–H groups in total. The van der Waals surface area contributed by atoms with Gasteiger partial charge in [0.25, 0.3) is 5.91 Å². The molecule has 1 saturated heterocycles. The number of carbonyl (C=O) groups excluding carboxylic acids is 1. The molecule has 3 rings (SSSR count). The summed E-state index contributed by atoms with van der Waals surface area (Å²) >= 11 is 6.29. The van der Waals surface area contributed by atoms with Gasteiger partial charge in [-0.05, 0) is 17.7 Å². The fraction of sp³-hybridized carbons (Fsp3) is 0.0625. The largest absolute Gasteiger partial charge is 0.479 e. The van der Waals surface area contributed by atoms with Crippen LogP contribution in [-0.2, 0) is 9.59 Å². The molecule has 1 aliphatic heterocycles. The van der Waals surface area contributed by atoms with Gasteiger partial charge < -0.3 is 9.52 Å². The lowest BCUT2D eigenvalue weighted by atomic mass is 10.1. The van der Waals surface area contributed by atoms with Crippen molar-refractivity contribution in [3.63, 3.8) is 0 Å². The van der Waals surface area contributed by atoms with E-state index in [1.165, 1.54) is 6.26 Å². The highest BCUT2D eigenvalue weighted by atomic mass is 32.2. The molecule has 1 aromatic heterocycles. The van der Waals surface area contributed by atoms with Gasteiger partial charge in [-0.2, -0.15) is 0 Å². The van der Waals surface area contributed by atoms with Crippen LogP contribution < -0.4 is 0 Å². The number of thioether (sulfide) groups is 1. The van der Waals surface area contributed by atoms with Gasteiger partial charge in [-0.25, -0.2) is 4.79 Å². The number of amides is 1. The smallest absolute Gasteiger partial charge is 0.331 e. The van der Waals surface area contributed by atoms with E-state index < -0.39 is 17.9 Å². The van der Waals surface area contributed by atoms with Gasteiger partial charge in [0.05, 0.1) is 11.2 Å². The first-order valence-corrected chi connectivity index (χ1v) is 7.88. The third-order valence-corrected chi connectivity index (χ3v) is 4.58. The molecule has 0 unspecified atom stereocenters. The maximum Gasteiger partial charge on any atom is 0.331 e. The van der Waals surface area contributed by atoms with Crippen LogP contribution in [0.1, 0.15) is 17.4 Å². The highest BCUT2D eigenvalue weighted by Gasteiger charge is 2.41. The van der Waals surface area contributed by atoms with Gasteiger partial charge in [-0.3, -0.25) is 9.69 Å². The van der Waals surface area contributed by atoms with E-state index in [4.69, 9.17) is 16.6 Å². The Morgan fingerprint density at radius 3 is 2.61 bits per heavy atom. The normalized spacial score (nSPS) is 17.7. The van der Waals surface area contributed by atoms with Crippen LogP contribution in [-0.4, -0.2) is 26.2 Å². The summed E-state index contributed by atoms with van der Waals surface area (Å²) in [6.07, 6.45) is 3.06. The second kappa shape index (κ2) is 6.39. The average Bonchev–Trinajstić information content (AvgIpc) is 3.12. The van der Waals surface area contributed by atoms with Gasteiger partial charge in [0.15, 0.2) is 6.04 Å². The van der Waals surface area contributed by atoms with Crippen molar-refractivity contribution in [2.45, 2.75) is 6.04 Å². The lowest BCUT2D eigenvalue weighted by molar-refractivity contribution is -0.145. The summed E-state index contributed by atoms with van der Waals surface area (Å²) in [7, 11) is 0. The van der Waals surface area contributed by atoms with Crippen LogP contribution in [0.3, 0.4) is 0 Å². The minimum absolute atomic E-state index is 0.212. The van der Waals surface area contributed by atoms with Crippen molar-refractivity contribution in [3.05, 3.63) is 65.0 Å². The molecule has 7 heteroatoms. The van der Waals surface area contributed by atoms with Gasteiger partial charge in [0, 0.05) is 6.08 Å². The fourth-order valence-corrected chi connectivity index (χ4v) is 3.54. The van der Waals surface area contributed by atoms with Gasteiger partial charge in [-0.1, -0.05) is 54.3 Å². The lowest BCUT2D eigenvalue weighted by Crippen LogP contribution is -2.37. The standard InChI is InChI=1S/C16H11NO4S2/c18-14-12(9-11-7-4-8-21-11)23-16(22)17(14)13(15(19)20)10-5-2-1-3-6-10/h1-9,13H,(H,19,20)/t13-/m1/s1. The van der Waals surface area contributed by atoms with Crippen LogP contribution in [0.2, 0.25) is 0 Å². The number of furan rings is 1. The highest BCUT2D eigenvalue weighted by Crippen LogP contribution is 2.38. The van der Waals surface area contributed by atoms with E-state index in [-0.39, 0.29) is 4.32 Å². The molecule has 0 aliphatic carbocycles. The van der Waals surface area contributed by atoms with Gasteiger partial charge >= 0.3 is 5.97 Å². The molecular formula is C16H11NO4S2. The van der Waals surface area contributed by atoms with Crippen molar-refractivity contribution in [3.8, 4) is 0 Å². The van der Waals surface area contributed by atoms with Crippen molar-refractivity contribution >= 4 is 46.3 Å². The number of hydrogen-bond donors (Lipinski definition) is 1. The molecule has 2 heterocycles. The quantitative estimate of drug-likeness (QED) is 0.677. The van der Waals surface area contributed by atoms with Crippen LogP contribution in [0, 0.1) is 0 Å². The summed E-state index contributed by atoms with van der Waals surface area (Å²) in [6, 6.07) is 10.8. The Hall–Kier alpha value is -2.38. The van der Waals surface area contributed by atoms with Crippen molar-refractivity contribution in [1.82, 2.24) is 4.90 Å². The van der Waals surface area contributed by atoms with E-state index in [9.17, 15) is 14.7 Å². The first-order chi connectivity index (χ1) is 11.1. The Bertz CT molecular complexity index is 784. The first kappa shape index (κ1) is 15.5. The number of hydrogen-bond acceptors (Lipinski definition) is 5. The van der Waals surface area contributed by atoms with E-state index in [2.05, 4.69) is 0 Å². The lowest BCUT2D eigenvalue weighted by Gasteiger charge is -2.23. The van der Waals surface area contributed by atoms with Gasteiger partial charge in [0.2, 0.25) is 0 Å².